The van der Waals surface area contributed by atoms with Crippen LogP contribution < -0.4 is 0 Å². The highest BCUT2D eigenvalue weighted by molar-refractivity contribution is 5.23. The van der Waals surface area contributed by atoms with E-state index in [-0.39, 0.29) is 0 Å². The molecule has 18 heavy (non-hydrogen) atoms. The highest BCUT2D eigenvalue weighted by atomic mass is 15.2. The van der Waals surface area contributed by atoms with E-state index >= 15 is 0 Å². The van der Waals surface area contributed by atoms with Crippen LogP contribution in [0.15, 0.2) is 36.5 Å². The molecule has 0 N–H and O–H groups in total. The summed E-state index contributed by atoms with van der Waals surface area (Å²) in [5, 5.41) is 0. The molecule has 1 heterocycles. The number of allylic oxidation sites excluding steroid dienone is 2. The summed E-state index contributed by atoms with van der Waals surface area (Å²) in [6.45, 7) is 19.8. The summed E-state index contributed by atoms with van der Waals surface area (Å²) in [5.74, 6) is 0. The zero-order valence-corrected chi connectivity index (χ0v) is 12.7. The lowest BCUT2D eigenvalue weighted by atomic mass is 10.2. The highest BCUT2D eigenvalue weighted by Crippen LogP contribution is 2.04. The zero-order chi connectivity index (χ0) is 14.0. The number of likely N-dealkylation sites (N-methyl/N-ethyl adjacent to an activating group) is 1. The van der Waals surface area contributed by atoms with E-state index in [1.54, 1.807) is 0 Å². The Hall–Kier alpha value is -0.860. The fourth-order valence-electron chi connectivity index (χ4n) is 1.61. The first-order chi connectivity index (χ1) is 8.49. The van der Waals surface area contributed by atoms with Crippen LogP contribution in [0.3, 0.4) is 0 Å². The lowest BCUT2D eigenvalue weighted by Crippen LogP contribution is -2.44. The second-order valence-corrected chi connectivity index (χ2v) is 5.12. The minimum atomic E-state index is 0.984. The van der Waals surface area contributed by atoms with Crippen molar-refractivity contribution in [2.24, 2.45) is 0 Å². The van der Waals surface area contributed by atoms with Crippen molar-refractivity contribution in [3.05, 3.63) is 36.5 Å². The van der Waals surface area contributed by atoms with Crippen LogP contribution in [0.4, 0.5) is 0 Å². The van der Waals surface area contributed by atoms with Crippen LogP contribution in [0.2, 0.25) is 0 Å². The molecule has 0 saturated carbocycles. The largest absolute Gasteiger partial charge is 0.304 e. The van der Waals surface area contributed by atoms with Crippen LogP contribution in [0.5, 0.6) is 0 Å². The van der Waals surface area contributed by atoms with Gasteiger partial charge in [0.05, 0.1) is 0 Å². The summed E-state index contributed by atoms with van der Waals surface area (Å²) in [7, 11) is 2.17. The second kappa shape index (κ2) is 10.1. The molecule has 0 aromatic heterocycles. The Morgan fingerprint density at radius 3 is 2.00 bits per heavy atom. The molecule has 1 fully saturated rings. The summed E-state index contributed by atoms with van der Waals surface area (Å²) in [4.78, 5) is 4.81. The van der Waals surface area contributed by atoms with Crippen molar-refractivity contribution in [2.75, 3.05) is 39.8 Å². The number of rotatable bonds is 4. The Morgan fingerprint density at radius 2 is 1.56 bits per heavy atom. The monoisotopic (exact) mass is 250 g/mol. The third-order valence-corrected chi connectivity index (χ3v) is 2.63. The summed E-state index contributed by atoms with van der Waals surface area (Å²) in [5.41, 5.74) is 2.25. The standard InChI is InChI=1S/C13H22N2.C3H8/c1-12(2)5-6-13(3)11-15-9-7-14(4)8-10-15;1-3-2/h5-6H,1,3,7-11H2,2,4H3;3H2,1-2H3/b6-5-;. The molecule has 0 atom stereocenters. The lowest BCUT2D eigenvalue weighted by molar-refractivity contribution is 0.165. The SMILES string of the molecule is C=C(C)/C=C\C(=C)CN1CCN(C)CC1.CCC. The van der Waals surface area contributed by atoms with Gasteiger partial charge in [0.25, 0.3) is 0 Å². The molecule has 0 bridgehead atoms. The van der Waals surface area contributed by atoms with Crippen LogP contribution in [0, 0.1) is 0 Å². The maximum absolute atomic E-state index is 4.06. The highest BCUT2D eigenvalue weighted by Gasteiger charge is 2.13. The molecule has 2 nitrogen and oxygen atoms in total. The first kappa shape index (κ1) is 17.1. The zero-order valence-electron chi connectivity index (χ0n) is 12.7. The van der Waals surface area contributed by atoms with E-state index in [4.69, 9.17) is 0 Å². The number of nitrogens with zero attached hydrogens (tertiary/aromatic N) is 2. The van der Waals surface area contributed by atoms with Gasteiger partial charge in [0.15, 0.2) is 0 Å². The van der Waals surface area contributed by atoms with E-state index in [1.165, 1.54) is 12.0 Å². The smallest absolute Gasteiger partial charge is 0.0228 e. The van der Waals surface area contributed by atoms with Gasteiger partial charge in [-0.1, -0.05) is 51.2 Å². The Labute approximate surface area is 114 Å². The lowest BCUT2D eigenvalue weighted by Gasteiger charge is -2.32. The van der Waals surface area contributed by atoms with Crippen molar-refractivity contribution < 1.29 is 0 Å². The van der Waals surface area contributed by atoms with Gasteiger partial charge in [-0.05, 0) is 19.5 Å². The molecule has 0 amide bonds. The van der Waals surface area contributed by atoms with Crippen molar-refractivity contribution in [1.29, 1.82) is 0 Å². The molecule has 0 aromatic carbocycles. The Balaban J connectivity index is 0.000000873. The van der Waals surface area contributed by atoms with Gasteiger partial charge in [0, 0.05) is 32.7 Å². The molecule has 0 spiro atoms. The molecule has 1 rings (SSSR count). The average molecular weight is 250 g/mol. The molecule has 2 heteroatoms. The molecule has 0 unspecified atom stereocenters. The molecule has 0 radical (unpaired) electrons. The first-order valence-corrected chi connectivity index (χ1v) is 6.91. The van der Waals surface area contributed by atoms with Gasteiger partial charge in [0.1, 0.15) is 0 Å². The van der Waals surface area contributed by atoms with E-state index < -0.39 is 0 Å². The predicted molar refractivity (Wildman–Crippen MR) is 83.0 cm³/mol. The van der Waals surface area contributed by atoms with Crippen LogP contribution in [0.1, 0.15) is 27.2 Å². The van der Waals surface area contributed by atoms with Crippen molar-refractivity contribution in [3.63, 3.8) is 0 Å². The minimum absolute atomic E-state index is 0.984. The summed E-state index contributed by atoms with van der Waals surface area (Å²) in [6, 6.07) is 0. The van der Waals surface area contributed by atoms with E-state index in [2.05, 4.69) is 49.9 Å². The molecule has 1 saturated heterocycles. The van der Waals surface area contributed by atoms with Crippen LogP contribution in [-0.4, -0.2) is 49.6 Å². The Morgan fingerprint density at radius 1 is 1.06 bits per heavy atom. The molecule has 0 aliphatic carbocycles. The van der Waals surface area contributed by atoms with Crippen molar-refractivity contribution in [2.45, 2.75) is 27.2 Å². The fraction of sp³-hybridized carbons (Fsp3) is 0.625. The molecular formula is C16H30N2. The summed E-state index contributed by atoms with van der Waals surface area (Å²) in [6.07, 6.45) is 5.35. The fourth-order valence-corrected chi connectivity index (χ4v) is 1.61. The van der Waals surface area contributed by atoms with Gasteiger partial charge in [-0.15, -0.1) is 0 Å². The van der Waals surface area contributed by atoms with Crippen molar-refractivity contribution in [3.8, 4) is 0 Å². The van der Waals surface area contributed by atoms with Crippen LogP contribution in [0.25, 0.3) is 0 Å². The molecule has 1 aliphatic heterocycles. The summed E-state index contributed by atoms with van der Waals surface area (Å²) < 4.78 is 0. The van der Waals surface area contributed by atoms with Crippen molar-refractivity contribution >= 4 is 0 Å². The average Bonchev–Trinajstić information content (AvgIpc) is 2.31. The Bertz CT molecular complexity index is 271. The normalized spacial score (nSPS) is 17.3. The molecule has 104 valence electrons. The van der Waals surface area contributed by atoms with E-state index in [0.29, 0.717) is 0 Å². The summed E-state index contributed by atoms with van der Waals surface area (Å²) >= 11 is 0. The predicted octanol–water partition coefficient (Wildman–Crippen LogP) is 3.34. The van der Waals surface area contributed by atoms with E-state index in [0.717, 1.165) is 38.3 Å². The van der Waals surface area contributed by atoms with Crippen molar-refractivity contribution in [1.82, 2.24) is 9.80 Å². The second-order valence-electron chi connectivity index (χ2n) is 5.12. The quantitative estimate of drug-likeness (QED) is 0.706. The number of hydrogen-bond acceptors (Lipinski definition) is 2. The van der Waals surface area contributed by atoms with Gasteiger partial charge in [-0.25, -0.2) is 0 Å². The van der Waals surface area contributed by atoms with Gasteiger partial charge in [-0.2, -0.15) is 0 Å². The van der Waals surface area contributed by atoms with Gasteiger partial charge in [0.2, 0.25) is 0 Å². The van der Waals surface area contributed by atoms with Crippen LogP contribution in [-0.2, 0) is 0 Å². The molecule has 0 aromatic rings. The van der Waals surface area contributed by atoms with Gasteiger partial charge in [-0.3, -0.25) is 4.90 Å². The third-order valence-electron chi connectivity index (χ3n) is 2.63. The van der Waals surface area contributed by atoms with Crippen LogP contribution >= 0.6 is 0 Å². The van der Waals surface area contributed by atoms with Gasteiger partial charge >= 0.3 is 0 Å². The Kier molecular flexibility index (Phi) is 9.62. The van der Waals surface area contributed by atoms with Gasteiger partial charge < -0.3 is 4.90 Å². The maximum Gasteiger partial charge on any atom is 0.0228 e. The maximum atomic E-state index is 4.06. The van der Waals surface area contributed by atoms with E-state index in [9.17, 15) is 0 Å². The minimum Gasteiger partial charge on any atom is -0.304 e. The molecular weight excluding hydrogens is 220 g/mol. The topological polar surface area (TPSA) is 6.48 Å². The first-order valence-electron chi connectivity index (χ1n) is 6.91. The van der Waals surface area contributed by atoms with E-state index in [1.807, 2.05) is 13.0 Å². The number of hydrogen-bond donors (Lipinski definition) is 0. The number of piperazine rings is 1. The third kappa shape index (κ3) is 9.20. The molecule has 1 aliphatic rings.